The van der Waals surface area contributed by atoms with Gasteiger partial charge in [-0.3, -0.25) is 13.9 Å². The Balaban J connectivity index is 1.79. The average Bonchev–Trinajstić information content (AvgIpc) is 3.01. The highest BCUT2D eigenvalue weighted by Gasteiger charge is 2.34. The second kappa shape index (κ2) is 15.5. The maximum absolute atomic E-state index is 14.4. The molecule has 0 bridgehead atoms. The van der Waals surface area contributed by atoms with E-state index in [1.165, 1.54) is 17.0 Å². The maximum Gasteiger partial charge on any atom is 0.264 e. The summed E-state index contributed by atoms with van der Waals surface area (Å²) in [6, 6.07) is 30.6. The summed E-state index contributed by atoms with van der Waals surface area (Å²) in [4.78, 5) is 29.8. The largest absolute Gasteiger partial charge is 0.354 e. The molecule has 0 aliphatic rings. The highest BCUT2D eigenvalue weighted by Crippen LogP contribution is 2.26. The summed E-state index contributed by atoms with van der Waals surface area (Å²) in [5, 5.41) is 3.48. The number of nitrogens with one attached hydrogen (secondary N) is 1. The third-order valence-corrected chi connectivity index (χ3v) is 9.66. The first-order chi connectivity index (χ1) is 21.0. The Labute approximate surface area is 278 Å². The summed E-state index contributed by atoms with van der Waals surface area (Å²) in [7, 11) is -4.14. The van der Waals surface area contributed by atoms with Crippen LogP contribution in [0.4, 0.5) is 5.69 Å². The molecular formula is C34H35ClIN3O4S. The van der Waals surface area contributed by atoms with Crippen molar-refractivity contribution in [1.29, 1.82) is 0 Å². The molecule has 4 rings (SSSR count). The van der Waals surface area contributed by atoms with Crippen molar-refractivity contribution in [2.45, 2.75) is 37.8 Å². The Bertz CT molecular complexity index is 1650. The van der Waals surface area contributed by atoms with E-state index in [9.17, 15) is 18.0 Å². The van der Waals surface area contributed by atoms with Crippen molar-refractivity contribution in [2.24, 2.45) is 5.92 Å². The summed E-state index contributed by atoms with van der Waals surface area (Å²) >= 11 is 8.44. The van der Waals surface area contributed by atoms with Crippen molar-refractivity contribution in [3.05, 3.63) is 129 Å². The number of carbonyl (C=O) groups is 2. The predicted octanol–water partition coefficient (Wildman–Crippen LogP) is 6.55. The van der Waals surface area contributed by atoms with Gasteiger partial charge in [0.15, 0.2) is 0 Å². The molecule has 0 spiro atoms. The molecule has 1 unspecified atom stereocenters. The van der Waals surface area contributed by atoms with Gasteiger partial charge in [-0.15, -0.1) is 0 Å². The van der Waals surface area contributed by atoms with Crippen LogP contribution in [0.5, 0.6) is 0 Å². The number of benzene rings is 4. The maximum atomic E-state index is 14.4. The van der Waals surface area contributed by atoms with Crippen LogP contribution in [0.1, 0.15) is 25.0 Å². The number of anilines is 1. The number of nitrogens with zero attached hydrogens (tertiary/aromatic N) is 2. The monoisotopic (exact) mass is 743 g/mol. The SMILES string of the molecule is CC(C)CNC(=O)C(Cc1ccccc1)N(Cc1cccc(Cl)c1)C(=O)CN(c1ccc(I)cc1)S(=O)(=O)c1ccccc1. The van der Waals surface area contributed by atoms with E-state index in [1.54, 1.807) is 60.7 Å². The van der Waals surface area contributed by atoms with Crippen molar-refractivity contribution in [3.8, 4) is 0 Å². The molecule has 4 aromatic rings. The smallest absolute Gasteiger partial charge is 0.264 e. The van der Waals surface area contributed by atoms with Crippen LogP contribution in [-0.2, 0) is 32.6 Å². The number of carbonyl (C=O) groups excluding carboxylic acids is 2. The minimum atomic E-state index is -4.14. The van der Waals surface area contributed by atoms with Gasteiger partial charge in [-0.2, -0.15) is 0 Å². The molecule has 10 heteroatoms. The summed E-state index contributed by atoms with van der Waals surface area (Å²) < 4.78 is 30.0. The molecule has 0 aliphatic heterocycles. The molecule has 0 saturated heterocycles. The van der Waals surface area contributed by atoms with Gasteiger partial charge in [0.1, 0.15) is 12.6 Å². The Kier molecular flexibility index (Phi) is 11.8. The van der Waals surface area contributed by atoms with E-state index in [-0.39, 0.29) is 29.7 Å². The van der Waals surface area contributed by atoms with Crippen molar-refractivity contribution in [3.63, 3.8) is 0 Å². The third kappa shape index (κ3) is 9.06. The normalized spacial score (nSPS) is 12.0. The van der Waals surface area contributed by atoms with Gasteiger partial charge in [-0.1, -0.05) is 86.1 Å². The summed E-state index contributed by atoms with van der Waals surface area (Å²) in [6.45, 7) is 3.96. The van der Waals surface area contributed by atoms with Crippen LogP contribution in [0.3, 0.4) is 0 Å². The van der Waals surface area contributed by atoms with Gasteiger partial charge < -0.3 is 10.2 Å². The molecule has 2 amide bonds. The zero-order chi connectivity index (χ0) is 31.7. The van der Waals surface area contributed by atoms with Gasteiger partial charge in [0.2, 0.25) is 11.8 Å². The Morgan fingerprint density at radius 1 is 0.841 bits per heavy atom. The molecule has 44 heavy (non-hydrogen) atoms. The molecule has 0 aliphatic carbocycles. The molecule has 1 atom stereocenters. The lowest BCUT2D eigenvalue weighted by Crippen LogP contribution is -2.53. The Morgan fingerprint density at radius 3 is 2.07 bits per heavy atom. The van der Waals surface area contributed by atoms with Crippen LogP contribution in [-0.4, -0.2) is 44.3 Å². The second-order valence-electron chi connectivity index (χ2n) is 10.8. The van der Waals surface area contributed by atoms with Crippen molar-refractivity contribution in [2.75, 3.05) is 17.4 Å². The van der Waals surface area contributed by atoms with Crippen LogP contribution in [0.15, 0.2) is 114 Å². The van der Waals surface area contributed by atoms with E-state index in [0.717, 1.165) is 13.4 Å². The number of halogens is 2. The predicted molar refractivity (Wildman–Crippen MR) is 184 cm³/mol. The fourth-order valence-corrected chi connectivity index (χ4v) is 6.67. The van der Waals surface area contributed by atoms with E-state index in [2.05, 4.69) is 27.9 Å². The van der Waals surface area contributed by atoms with Crippen LogP contribution >= 0.6 is 34.2 Å². The zero-order valence-electron chi connectivity index (χ0n) is 24.6. The van der Waals surface area contributed by atoms with Gasteiger partial charge in [-0.25, -0.2) is 8.42 Å². The summed E-state index contributed by atoms with van der Waals surface area (Å²) in [6.07, 6.45) is 0.242. The molecule has 0 heterocycles. The first kappa shape index (κ1) is 33.5. The standard InChI is InChI=1S/C34H35ClIN3O4S/c1-25(2)22-37-34(41)32(21-26-10-5-3-6-11-26)38(23-27-12-9-13-28(35)20-27)33(40)24-39(30-18-16-29(36)17-19-30)44(42,43)31-14-7-4-8-15-31/h3-20,25,32H,21-24H2,1-2H3,(H,37,41). The van der Waals surface area contributed by atoms with E-state index in [1.807, 2.05) is 50.2 Å². The fraction of sp³-hybridized carbons (Fsp3) is 0.235. The number of rotatable bonds is 13. The fourth-order valence-electron chi connectivity index (χ4n) is 4.66. The number of amides is 2. The number of hydrogen-bond donors (Lipinski definition) is 1. The molecule has 0 fully saturated rings. The molecule has 0 saturated carbocycles. The van der Waals surface area contributed by atoms with Crippen LogP contribution in [0.2, 0.25) is 5.02 Å². The lowest BCUT2D eigenvalue weighted by molar-refractivity contribution is -0.140. The second-order valence-corrected chi connectivity index (χ2v) is 14.3. The van der Waals surface area contributed by atoms with Crippen LogP contribution in [0.25, 0.3) is 0 Å². The molecule has 0 aromatic heterocycles. The van der Waals surface area contributed by atoms with Crippen LogP contribution in [0, 0.1) is 9.49 Å². The van der Waals surface area contributed by atoms with Gasteiger partial charge >= 0.3 is 0 Å². The number of sulfonamides is 1. The van der Waals surface area contributed by atoms with Gasteiger partial charge in [0.05, 0.1) is 10.6 Å². The quantitative estimate of drug-likeness (QED) is 0.158. The number of hydrogen-bond acceptors (Lipinski definition) is 4. The Morgan fingerprint density at radius 2 is 1.45 bits per heavy atom. The summed E-state index contributed by atoms with van der Waals surface area (Å²) in [5.41, 5.74) is 1.92. The lowest BCUT2D eigenvalue weighted by atomic mass is 10.0. The van der Waals surface area contributed by atoms with Gasteiger partial charge in [0, 0.05) is 28.1 Å². The average molecular weight is 744 g/mol. The topological polar surface area (TPSA) is 86.8 Å². The first-order valence-electron chi connectivity index (χ1n) is 14.2. The van der Waals surface area contributed by atoms with Crippen molar-refractivity contribution in [1.82, 2.24) is 10.2 Å². The molecule has 0 radical (unpaired) electrons. The van der Waals surface area contributed by atoms with Gasteiger partial charge in [-0.05, 0) is 88.2 Å². The molecule has 7 nitrogen and oxygen atoms in total. The van der Waals surface area contributed by atoms with E-state index < -0.39 is 28.5 Å². The molecule has 4 aromatic carbocycles. The molecule has 230 valence electrons. The summed E-state index contributed by atoms with van der Waals surface area (Å²) in [5.74, 6) is -0.644. The van der Waals surface area contributed by atoms with E-state index in [0.29, 0.717) is 22.8 Å². The van der Waals surface area contributed by atoms with E-state index >= 15 is 0 Å². The van der Waals surface area contributed by atoms with Crippen molar-refractivity contribution >= 4 is 61.7 Å². The minimum Gasteiger partial charge on any atom is -0.354 e. The van der Waals surface area contributed by atoms with E-state index in [4.69, 9.17) is 11.6 Å². The first-order valence-corrected chi connectivity index (χ1v) is 17.1. The van der Waals surface area contributed by atoms with Crippen LogP contribution < -0.4 is 9.62 Å². The van der Waals surface area contributed by atoms with Gasteiger partial charge in [0.25, 0.3) is 10.0 Å². The Hall–Kier alpha value is -3.41. The molecular weight excluding hydrogens is 709 g/mol. The highest BCUT2D eigenvalue weighted by molar-refractivity contribution is 14.1. The lowest BCUT2D eigenvalue weighted by Gasteiger charge is -2.34. The minimum absolute atomic E-state index is 0.0535. The zero-order valence-corrected chi connectivity index (χ0v) is 28.3. The third-order valence-electron chi connectivity index (χ3n) is 6.92. The van der Waals surface area contributed by atoms with Crippen molar-refractivity contribution < 1.29 is 18.0 Å². The molecule has 1 N–H and O–H groups in total. The highest BCUT2D eigenvalue weighted by atomic mass is 127.